The fourth-order valence-corrected chi connectivity index (χ4v) is 1.91. The Balaban J connectivity index is 2.89. The first kappa shape index (κ1) is 16.0. The molecule has 20 heavy (non-hydrogen) atoms. The van der Waals surface area contributed by atoms with Crippen LogP contribution in [-0.4, -0.2) is 46.8 Å². The molecule has 0 saturated heterocycles. The molecule has 6 heteroatoms. The predicted molar refractivity (Wildman–Crippen MR) is 76.1 cm³/mol. The molecule has 0 aliphatic rings. The van der Waals surface area contributed by atoms with E-state index in [4.69, 9.17) is 5.11 Å². The molecule has 0 radical (unpaired) electrons. The van der Waals surface area contributed by atoms with Gasteiger partial charge in [-0.05, 0) is 31.9 Å². The SMILES string of the molecule is CCN(CCCO)C(=O)Nc1cccc(C)c1C(=O)O. The molecule has 0 aliphatic heterocycles. The van der Waals surface area contributed by atoms with Crippen molar-refractivity contribution in [1.82, 2.24) is 4.90 Å². The number of nitrogens with zero attached hydrogens (tertiary/aromatic N) is 1. The molecule has 0 bridgehead atoms. The molecule has 110 valence electrons. The monoisotopic (exact) mass is 280 g/mol. The number of carboxylic acids is 1. The van der Waals surface area contributed by atoms with Crippen molar-refractivity contribution in [2.75, 3.05) is 25.0 Å². The third-order valence-corrected chi connectivity index (χ3v) is 2.98. The molecule has 1 rings (SSSR count). The number of aryl methyl sites for hydroxylation is 1. The van der Waals surface area contributed by atoms with Crippen LogP contribution in [0.15, 0.2) is 18.2 Å². The van der Waals surface area contributed by atoms with Gasteiger partial charge in [-0.2, -0.15) is 0 Å². The fraction of sp³-hybridized carbons (Fsp3) is 0.429. The normalized spacial score (nSPS) is 10.2. The lowest BCUT2D eigenvalue weighted by molar-refractivity contribution is 0.0697. The van der Waals surface area contributed by atoms with Gasteiger partial charge in [-0.15, -0.1) is 0 Å². The number of hydrogen-bond donors (Lipinski definition) is 3. The maximum atomic E-state index is 12.1. The molecule has 1 aromatic carbocycles. The number of nitrogens with one attached hydrogen (secondary N) is 1. The third-order valence-electron chi connectivity index (χ3n) is 2.98. The zero-order valence-electron chi connectivity index (χ0n) is 11.7. The van der Waals surface area contributed by atoms with Gasteiger partial charge < -0.3 is 20.4 Å². The lowest BCUT2D eigenvalue weighted by Crippen LogP contribution is -2.36. The smallest absolute Gasteiger partial charge is 0.338 e. The molecule has 0 aliphatic carbocycles. The Kier molecular flexibility index (Phi) is 5.99. The van der Waals surface area contributed by atoms with Crippen molar-refractivity contribution in [3.8, 4) is 0 Å². The number of amides is 2. The molecule has 0 fully saturated rings. The van der Waals surface area contributed by atoms with E-state index >= 15 is 0 Å². The zero-order valence-corrected chi connectivity index (χ0v) is 11.7. The number of benzene rings is 1. The maximum Gasteiger partial charge on any atom is 0.338 e. The van der Waals surface area contributed by atoms with Crippen molar-refractivity contribution >= 4 is 17.7 Å². The van der Waals surface area contributed by atoms with E-state index in [-0.39, 0.29) is 23.9 Å². The summed E-state index contributed by atoms with van der Waals surface area (Å²) in [6.45, 7) is 4.43. The van der Waals surface area contributed by atoms with Crippen LogP contribution in [0.1, 0.15) is 29.3 Å². The molecule has 0 saturated carbocycles. The maximum absolute atomic E-state index is 12.1. The molecule has 6 nitrogen and oxygen atoms in total. The Labute approximate surface area is 118 Å². The van der Waals surface area contributed by atoms with Crippen LogP contribution in [0.2, 0.25) is 0 Å². The van der Waals surface area contributed by atoms with E-state index in [1.807, 2.05) is 6.92 Å². The highest BCUT2D eigenvalue weighted by molar-refractivity contribution is 6.01. The standard InChI is InChI=1S/C14H20N2O4/c1-3-16(8-5-9-17)14(20)15-11-7-4-6-10(2)12(11)13(18)19/h4,6-7,17H,3,5,8-9H2,1-2H3,(H,15,20)(H,18,19). The van der Waals surface area contributed by atoms with Gasteiger partial charge in [0, 0.05) is 19.7 Å². The van der Waals surface area contributed by atoms with E-state index < -0.39 is 5.97 Å². The number of aromatic carboxylic acids is 1. The quantitative estimate of drug-likeness (QED) is 0.742. The van der Waals surface area contributed by atoms with Crippen molar-refractivity contribution in [2.45, 2.75) is 20.3 Å². The molecule has 0 spiro atoms. The van der Waals surface area contributed by atoms with Gasteiger partial charge in [-0.25, -0.2) is 9.59 Å². The second kappa shape index (κ2) is 7.49. The van der Waals surface area contributed by atoms with Crippen LogP contribution in [0.25, 0.3) is 0 Å². The van der Waals surface area contributed by atoms with Crippen molar-refractivity contribution in [3.05, 3.63) is 29.3 Å². The number of anilines is 1. The molecular weight excluding hydrogens is 260 g/mol. The summed E-state index contributed by atoms with van der Waals surface area (Å²) in [7, 11) is 0. The summed E-state index contributed by atoms with van der Waals surface area (Å²) in [4.78, 5) is 24.8. The number of carboxylic acid groups (broad SMARTS) is 1. The summed E-state index contributed by atoms with van der Waals surface area (Å²) in [5, 5.41) is 20.6. The number of aliphatic hydroxyl groups is 1. The fourth-order valence-electron chi connectivity index (χ4n) is 1.91. The summed E-state index contributed by atoms with van der Waals surface area (Å²) in [6.07, 6.45) is 0.487. The van der Waals surface area contributed by atoms with Crippen LogP contribution in [0, 0.1) is 6.92 Å². The largest absolute Gasteiger partial charge is 0.478 e. The van der Waals surface area contributed by atoms with Gasteiger partial charge in [0.2, 0.25) is 0 Å². The Bertz CT molecular complexity index is 488. The number of carbonyl (C=O) groups is 2. The number of carbonyl (C=O) groups excluding carboxylic acids is 1. The van der Waals surface area contributed by atoms with E-state index in [1.165, 1.54) is 4.90 Å². The highest BCUT2D eigenvalue weighted by atomic mass is 16.4. The van der Waals surface area contributed by atoms with E-state index in [2.05, 4.69) is 5.32 Å². The van der Waals surface area contributed by atoms with E-state index in [9.17, 15) is 14.7 Å². The van der Waals surface area contributed by atoms with Crippen LogP contribution in [0.5, 0.6) is 0 Å². The summed E-state index contributed by atoms with van der Waals surface area (Å²) in [5.74, 6) is -1.07. The summed E-state index contributed by atoms with van der Waals surface area (Å²) in [6, 6.07) is 4.58. The zero-order chi connectivity index (χ0) is 15.1. The van der Waals surface area contributed by atoms with Gasteiger partial charge in [-0.1, -0.05) is 12.1 Å². The minimum absolute atomic E-state index is 0.00853. The topological polar surface area (TPSA) is 89.9 Å². The molecule has 3 N–H and O–H groups in total. The molecular formula is C14H20N2O4. The van der Waals surface area contributed by atoms with Crippen LogP contribution >= 0.6 is 0 Å². The third kappa shape index (κ3) is 3.96. The van der Waals surface area contributed by atoms with Gasteiger partial charge in [0.15, 0.2) is 0 Å². The molecule has 0 atom stereocenters. The number of hydrogen-bond acceptors (Lipinski definition) is 3. The number of urea groups is 1. The van der Waals surface area contributed by atoms with Crippen molar-refractivity contribution in [1.29, 1.82) is 0 Å². The number of rotatable bonds is 6. The van der Waals surface area contributed by atoms with Crippen LogP contribution < -0.4 is 5.32 Å². The Morgan fingerprint density at radius 1 is 1.35 bits per heavy atom. The van der Waals surface area contributed by atoms with Crippen LogP contribution in [-0.2, 0) is 0 Å². The van der Waals surface area contributed by atoms with E-state index in [0.29, 0.717) is 25.1 Å². The van der Waals surface area contributed by atoms with Crippen molar-refractivity contribution < 1.29 is 19.8 Å². The molecule has 0 aromatic heterocycles. The van der Waals surface area contributed by atoms with Crippen LogP contribution in [0.4, 0.5) is 10.5 Å². The van der Waals surface area contributed by atoms with Gasteiger partial charge in [-0.3, -0.25) is 0 Å². The van der Waals surface area contributed by atoms with Gasteiger partial charge in [0.1, 0.15) is 0 Å². The second-order valence-corrected chi connectivity index (χ2v) is 4.39. The number of aliphatic hydroxyl groups excluding tert-OH is 1. The second-order valence-electron chi connectivity index (χ2n) is 4.39. The minimum Gasteiger partial charge on any atom is -0.478 e. The summed E-state index contributed by atoms with van der Waals surface area (Å²) < 4.78 is 0. The Hall–Kier alpha value is -2.08. The predicted octanol–water partition coefficient (Wildman–Crippen LogP) is 1.93. The van der Waals surface area contributed by atoms with Gasteiger partial charge in [0.25, 0.3) is 0 Å². The van der Waals surface area contributed by atoms with Crippen molar-refractivity contribution in [2.24, 2.45) is 0 Å². The molecule has 1 aromatic rings. The highest BCUT2D eigenvalue weighted by Crippen LogP contribution is 2.20. The van der Waals surface area contributed by atoms with Crippen LogP contribution in [0.3, 0.4) is 0 Å². The molecule has 2 amide bonds. The van der Waals surface area contributed by atoms with E-state index in [1.54, 1.807) is 25.1 Å². The Morgan fingerprint density at radius 3 is 2.60 bits per heavy atom. The average molecular weight is 280 g/mol. The first-order valence-electron chi connectivity index (χ1n) is 6.51. The highest BCUT2D eigenvalue weighted by Gasteiger charge is 2.17. The average Bonchev–Trinajstić information content (AvgIpc) is 2.39. The Morgan fingerprint density at radius 2 is 2.05 bits per heavy atom. The van der Waals surface area contributed by atoms with E-state index in [0.717, 1.165) is 0 Å². The minimum atomic E-state index is -1.07. The lowest BCUT2D eigenvalue weighted by Gasteiger charge is -2.21. The first-order valence-corrected chi connectivity index (χ1v) is 6.51. The summed E-state index contributed by atoms with van der Waals surface area (Å²) >= 11 is 0. The molecule has 0 unspecified atom stereocenters. The van der Waals surface area contributed by atoms with Gasteiger partial charge >= 0.3 is 12.0 Å². The first-order chi connectivity index (χ1) is 9.51. The lowest BCUT2D eigenvalue weighted by atomic mass is 10.1. The van der Waals surface area contributed by atoms with Gasteiger partial charge in [0.05, 0.1) is 11.3 Å². The molecule has 0 heterocycles. The summed E-state index contributed by atoms with van der Waals surface area (Å²) in [5.41, 5.74) is 0.970. The van der Waals surface area contributed by atoms with Crippen molar-refractivity contribution in [3.63, 3.8) is 0 Å².